The minimum Gasteiger partial charge on any atom is -0.481 e. The van der Waals surface area contributed by atoms with Gasteiger partial charge >= 0.3 is 18.2 Å². The summed E-state index contributed by atoms with van der Waals surface area (Å²) in [5.41, 5.74) is 0.877. The average molecular weight is 509 g/mol. The van der Waals surface area contributed by atoms with Crippen molar-refractivity contribution >= 4 is 11.8 Å². The summed E-state index contributed by atoms with van der Waals surface area (Å²) >= 11 is 0. The summed E-state index contributed by atoms with van der Waals surface area (Å²) < 4.78 is 44.8. The number of aromatic nitrogens is 3. The molecule has 0 saturated carbocycles. The van der Waals surface area contributed by atoms with Crippen LogP contribution in [0.3, 0.4) is 0 Å². The number of hydrogen-bond acceptors (Lipinski definition) is 6. The highest BCUT2D eigenvalue weighted by Crippen LogP contribution is 2.35. The van der Waals surface area contributed by atoms with E-state index in [1.807, 2.05) is 30.3 Å². The second kappa shape index (κ2) is 11.1. The zero-order valence-electron chi connectivity index (χ0n) is 19.7. The summed E-state index contributed by atoms with van der Waals surface area (Å²) in [7, 11) is 0. The molecular formula is C27H23F3N4O3. The van der Waals surface area contributed by atoms with E-state index >= 15 is 0 Å². The van der Waals surface area contributed by atoms with Gasteiger partial charge in [-0.05, 0) is 53.6 Å². The van der Waals surface area contributed by atoms with Gasteiger partial charge in [-0.1, -0.05) is 37.3 Å². The van der Waals surface area contributed by atoms with Crippen molar-refractivity contribution in [3.05, 3.63) is 108 Å². The number of carboxylic acids is 1. The number of anilines is 1. The van der Waals surface area contributed by atoms with Crippen LogP contribution in [0.25, 0.3) is 0 Å². The minimum atomic E-state index is -4.49. The van der Waals surface area contributed by atoms with Gasteiger partial charge in [-0.2, -0.15) is 18.2 Å². The molecule has 2 unspecified atom stereocenters. The number of carbonyl (C=O) groups is 1. The van der Waals surface area contributed by atoms with E-state index in [0.29, 0.717) is 23.6 Å². The maximum Gasteiger partial charge on any atom is 0.416 e. The van der Waals surface area contributed by atoms with Crippen LogP contribution in [0.2, 0.25) is 0 Å². The first-order valence-electron chi connectivity index (χ1n) is 11.4. The highest BCUT2D eigenvalue weighted by Gasteiger charge is 2.32. The molecule has 190 valence electrons. The van der Waals surface area contributed by atoms with Gasteiger partial charge in [0.1, 0.15) is 11.6 Å². The van der Waals surface area contributed by atoms with Gasteiger partial charge in [0.2, 0.25) is 0 Å². The summed E-state index contributed by atoms with van der Waals surface area (Å²) in [5, 5.41) is 12.9. The second-order valence-electron chi connectivity index (χ2n) is 8.30. The zero-order chi connectivity index (χ0) is 26.4. The summed E-state index contributed by atoms with van der Waals surface area (Å²) in [6.45, 7) is 2.04. The van der Waals surface area contributed by atoms with Crippen LogP contribution in [0.1, 0.15) is 35.2 Å². The number of ether oxygens (including phenoxy) is 1. The Morgan fingerprint density at radius 2 is 1.70 bits per heavy atom. The zero-order valence-corrected chi connectivity index (χ0v) is 19.7. The fourth-order valence-electron chi connectivity index (χ4n) is 3.75. The number of hydrogen-bond donors (Lipinski definition) is 2. The quantitative estimate of drug-likeness (QED) is 0.280. The minimum absolute atomic E-state index is 0.00800. The van der Waals surface area contributed by atoms with Gasteiger partial charge in [0.25, 0.3) is 0 Å². The Morgan fingerprint density at radius 3 is 2.32 bits per heavy atom. The van der Waals surface area contributed by atoms with Crippen LogP contribution in [-0.2, 0) is 17.5 Å². The molecule has 4 rings (SSSR count). The molecule has 0 aliphatic carbocycles. The molecule has 2 heterocycles. The highest BCUT2D eigenvalue weighted by atomic mass is 19.4. The van der Waals surface area contributed by atoms with Crippen molar-refractivity contribution in [1.82, 2.24) is 15.0 Å². The number of rotatable bonds is 9. The van der Waals surface area contributed by atoms with Crippen LogP contribution >= 0.6 is 0 Å². The molecule has 2 N–H and O–H groups in total. The number of halogens is 3. The fraction of sp³-hybridized carbons (Fsp3) is 0.185. The molecule has 10 heteroatoms. The third-order valence-electron chi connectivity index (χ3n) is 5.73. The normalized spacial score (nSPS) is 13.0. The van der Waals surface area contributed by atoms with Crippen molar-refractivity contribution in [2.45, 2.75) is 25.6 Å². The maximum atomic E-state index is 13.0. The molecule has 0 radical (unpaired) electrons. The largest absolute Gasteiger partial charge is 0.481 e. The molecule has 0 aliphatic rings. The van der Waals surface area contributed by atoms with Crippen LogP contribution < -0.4 is 10.1 Å². The lowest BCUT2D eigenvalue weighted by atomic mass is 9.84. The van der Waals surface area contributed by atoms with Gasteiger partial charge < -0.3 is 15.2 Å². The first-order valence-corrected chi connectivity index (χ1v) is 11.4. The number of pyridine rings is 1. The van der Waals surface area contributed by atoms with E-state index in [0.717, 1.165) is 23.5 Å². The molecule has 37 heavy (non-hydrogen) atoms. The monoisotopic (exact) mass is 508 g/mol. The lowest BCUT2D eigenvalue weighted by Gasteiger charge is -2.22. The van der Waals surface area contributed by atoms with Crippen LogP contribution in [-0.4, -0.2) is 26.0 Å². The first kappa shape index (κ1) is 25.6. The number of nitrogens with zero attached hydrogens (tertiary/aromatic N) is 3. The Balaban J connectivity index is 1.51. The van der Waals surface area contributed by atoms with Gasteiger partial charge in [-0.25, -0.2) is 9.97 Å². The number of carboxylic acid groups (broad SMARTS) is 1. The molecule has 0 bridgehead atoms. The summed E-state index contributed by atoms with van der Waals surface area (Å²) in [4.78, 5) is 24.5. The summed E-state index contributed by atoms with van der Waals surface area (Å²) in [6, 6.07) is 18.7. The van der Waals surface area contributed by atoms with Crippen molar-refractivity contribution in [3.63, 3.8) is 0 Å². The van der Waals surface area contributed by atoms with Crippen molar-refractivity contribution in [3.8, 4) is 11.8 Å². The van der Waals surface area contributed by atoms with E-state index in [4.69, 9.17) is 4.74 Å². The van der Waals surface area contributed by atoms with E-state index < -0.39 is 29.5 Å². The van der Waals surface area contributed by atoms with Crippen molar-refractivity contribution in [2.75, 3.05) is 5.32 Å². The van der Waals surface area contributed by atoms with Crippen LogP contribution in [0.15, 0.2) is 85.2 Å². The lowest BCUT2D eigenvalue weighted by Crippen LogP contribution is -2.21. The van der Waals surface area contributed by atoms with E-state index in [9.17, 15) is 23.1 Å². The van der Waals surface area contributed by atoms with E-state index in [1.54, 1.807) is 18.3 Å². The summed E-state index contributed by atoms with van der Waals surface area (Å²) in [6.07, 6.45) is -1.37. The molecule has 2 aromatic heterocycles. The highest BCUT2D eigenvalue weighted by molar-refractivity contribution is 5.71. The predicted molar refractivity (Wildman–Crippen MR) is 130 cm³/mol. The first-order chi connectivity index (χ1) is 17.7. The van der Waals surface area contributed by atoms with Gasteiger partial charge in [0, 0.05) is 24.9 Å². The number of aliphatic carboxylic acids is 1. The van der Waals surface area contributed by atoms with Gasteiger partial charge in [0.05, 0.1) is 17.2 Å². The van der Waals surface area contributed by atoms with Crippen LogP contribution in [0.4, 0.5) is 19.0 Å². The summed E-state index contributed by atoms with van der Waals surface area (Å²) in [5.74, 6) is -1.67. The van der Waals surface area contributed by atoms with Crippen molar-refractivity contribution < 1.29 is 27.8 Å². The van der Waals surface area contributed by atoms with E-state index in [1.165, 1.54) is 31.3 Å². The molecule has 2 aromatic carbocycles. The lowest BCUT2D eigenvalue weighted by molar-refractivity contribution is -0.141. The van der Waals surface area contributed by atoms with Gasteiger partial charge in [-0.3, -0.25) is 4.79 Å². The molecule has 7 nitrogen and oxygen atoms in total. The Morgan fingerprint density at radius 1 is 0.973 bits per heavy atom. The molecule has 0 fully saturated rings. The van der Waals surface area contributed by atoms with Crippen LogP contribution in [0, 0.1) is 5.92 Å². The standard InChI is InChI=1S/C27H23F3N4O3/c1-17(25(35)36)24(19-7-9-20(10-8-19)27(28,29)30)22-13-15-32-26(34-22)37-21-11-5-18(6-12-21)16-33-23-4-2-3-14-31-23/h2-15,17,24H,16H2,1H3,(H,31,33)(H,35,36). The predicted octanol–water partition coefficient (Wildman–Crippen LogP) is 6.15. The van der Waals surface area contributed by atoms with Crippen LogP contribution in [0.5, 0.6) is 11.8 Å². The third-order valence-corrected chi connectivity index (χ3v) is 5.73. The van der Waals surface area contributed by atoms with Gasteiger partial charge in [0.15, 0.2) is 0 Å². The smallest absolute Gasteiger partial charge is 0.416 e. The number of nitrogens with one attached hydrogen (secondary N) is 1. The van der Waals surface area contributed by atoms with Crippen molar-refractivity contribution in [2.24, 2.45) is 5.92 Å². The second-order valence-corrected chi connectivity index (χ2v) is 8.30. The maximum absolute atomic E-state index is 13.0. The van der Waals surface area contributed by atoms with E-state index in [-0.39, 0.29) is 6.01 Å². The number of benzene rings is 2. The molecule has 4 aromatic rings. The Bertz CT molecular complexity index is 1330. The Kier molecular flexibility index (Phi) is 7.66. The number of alkyl halides is 3. The topological polar surface area (TPSA) is 97.2 Å². The average Bonchev–Trinajstić information content (AvgIpc) is 2.89. The molecule has 0 amide bonds. The van der Waals surface area contributed by atoms with E-state index in [2.05, 4.69) is 20.3 Å². The Labute approximate surface area is 211 Å². The third kappa shape index (κ3) is 6.60. The molecule has 2 atom stereocenters. The molecule has 0 aliphatic heterocycles. The van der Waals surface area contributed by atoms with Crippen molar-refractivity contribution in [1.29, 1.82) is 0 Å². The molecule has 0 spiro atoms. The SMILES string of the molecule is CC(C(=O)O)C(c1ccc(C(F)(F)F)cc1)c1ccnc(Oc2ccc(CNc3ccccn3)cc2)n1. The molecule has 0 saturated heterocycles. The molecular weight excluding hydrogens is 485 g/mol. The van der Waals surface area contributed by atoms with Gasteiger partial charge in [-0.15, -0.1) is 0 Å². The Hall–Kier alpha value is -4.47. The fourth-order valence-corrected chi connectivity index (χ4v) is 3.75.